The molecule has 0 spiro atoms. The van der Waals surface area contributed by atoms with E-state index in [4.69, 9.17) is 18.9 Å². The van der Waals surface area contributed by atoms with E-state index < -0.39 is 6.10 Å². The van der Waals surface area contributed by atoms with Gasteiger partial charge < -0.3 is 29.2 Å². The third-order valence-corrected chi connectivity index (χ3v) is 4.10. The van der Waals surface area contributed by atoms with E-state index >= 15 is 0 Å². The fourth-order valence-electron chi connectivity index (χ4n) is 2.98. The van der Waals surface area contributed by atoms with Crippen molar-refractivity contribution in [3.05, 3.63) is 35.4 Å². The Morgan fingerprint density at radius 2 is 1.76 bits per heavy atom. The zero-order chi connectivity index (χ0) is 18.1. The number of hydrogen-bond acceptors (Lipinski definition) is 7. The molecule has 0 aliphatic carbocycles. The minimum absolute atomic E-state index is 0.0308. The lowest BCUT2D eigenvalue weighted by Gasteiger charge is -2.29. The smallest absolute Gasteiger partial charge is 0.204 e. The van der Waals surface area contributed by atoms with Crippen molar-refractivity contribution in [2.24, 2.45) is 0 Å². The van der Waals surface area contributed by atoms with Crippen LogP contribution >= 0.6 is 0 Å². The van der Waals surface area contributed by atoms with E-state index in [0.717, 1.165) is 0 Å². The van der Waals surface area contributed by atoms with Gasteiger partial charge in [-0.2, -0.15) is 0 Å². The number of aromatic hydroxyl groups is 2. The van der Waals surface area contributed by atoms with Crippen molar-refractivity contribution >= 4 is 5.78 Å². The van der Waals surface area contributed by atoms with Crippen molar-refractivity contribution in [2.45, 2.75) is 12.5 Å². The number of Topliss-reactive ketones (excluding diaryl/α,β-unsaturated/α-hetero) is 1. The molecule has 132 valence electrons. The van der Waals surface area contributed by atoms with Crippen LogP contribution in [0.1, 0.15) is 28.4 Å². The van der Waals surface area contributed by atoms with Crippen molar-refractivity contribution in [2.75, 3.05) is 21.3 Å². The Morgan fingerprint density at radius 1 is 1.04 bits per heavy atom. The maximum atomic E-state index is 12.6. The van der Waals surface area contributed by atoms with Crippen LogP contribution in [0.5, 0.6) is 34.5 Å². The zero-order valence-electron chi connectivity index (χ0n) is 14.0. The average Bonchev–Trinajstić information content (AvgIpc) is 2.60. The van der Waals surface area contributed by atoms with Gasteiger partial charge in [-0.15, -0.1) is 0 Å². The molecule has 0 amide bonds. The van der Waals surface area contributed by atoms with Crippen LogP contribution in [0.15, 0.2) is 24.3 Å². The molecule has 0 saturated heterocycles. The Labute approximate surface area is 144 Å². The van der Waals surface area contributed by atoms with E-state index in [0.29, 0.717) is 11.3 Å². The molecule has 1 aliphatic rings. The lowest BCUT2D eigenvalue weighted by molar-refractivity contribution is 0.0829. The molecule has 1 atom stereocenters. The van der Waals surface area contributed by atoms with E-state index in [2.05, 4.69) is 0 Å². The highest BCUT2D eigenvalue weighted by atomic mass is 16.5. The molecule has 3 rings (SSSR count). The summed E-state index contributed by atoms with van der Waals surface area (Å²) in [7, 11) is 4.29. The van der Waals surface area contributed by atoms with E-state index in [1.807, 2.05) is 0 Å². The number of benzene rings is 2. The Bertz CT molecular complexity index is 829. The number of rotatable bonds is 4. The van der Waals surface area contributed by atoms with Gasteiger partial charge in [-0.25, -0.2) is 0 Å². The second-order valence-electron chi connectivity index (χ2n) is 5.46. The highest BCUT2D eigenvalue weighted by Gasteiger charge is 2.36. The van der Waals surface area contributed by atoms with E-state index in [1.165, 1.54) is 33.5 Å². The molecule has 2 N–H and O–H groups in total. The van der Waals surface area contributed by atoms with Crippen LogP contribution in [-0.2, 0) is 0 Å². The summed E-state index contributed by atoms with van der Waals surface area (Å²) in [5.41, 5.74) is 0.386. The summed E-state index contributed by atoms with van der Waals surface area (Å²) in [6, 6.07) is 6.09. The molecule has 0 aromatic heterocycles. The summed E-state index contributed by atoms with van der Waals surface area (Å²) >= 11 is 0. The van der Waals surface area contributed by atoms with Crippen LogP contribution in [0.25, 0.3) is 0 Å². The predicted octanol–water partition coefficient (Wildman–Crippen LogP) is 2.83. The van der Waals surface area contributed by atoms with Gasteiger partial charge in [0.1, 0.15) is 28.9 Å². The first kappa shape index (κ1) is 16.8. The van der Waals surface area contributed by atoms with Crippen LogP contribution in [0.4, 0.5) is 0 Å². The molecule has 0 unspecified atom stereocenters. The maximum Gasteiger partial charge on any atom is 0.204 e. The van der Waals surface area contributed by atoms with Crippen molar-refractivity contribution in [1.82, 2.24) is 0 Å². The zero-order valence-corrected chi connectivity index (χ0v) is 14.0. The van der Waals surface area contributed by atoms with E-state index in [9.17, 15) is 15.0 Å². The van der Waals surface area contributed by atoms with Crippen molar-refractivity contribution < 1.29 is 34.0 Å². The lowest BCUT2D eigenvalue weighted by Crippen LogP contribution is -2.22. The second-order valence-corrected chi connectivity index (χ2v) is 5.46. The standard InChI is InChI=1S/C18H18O7/c1-22-12-6-4-5-9(19)16(12)13-7-10(20)15-11(21)8-14(23-2)17(24-3)18(15)25-13/h4-6,8,13,19,21H,7H2,1-3H3/t13-/m1/s1. The van der Waals surface area contributed by atoms with Crippen molar-refractivity contribution in [3.8, 4) is 34.5 Å². The summed E-state index contributed by atoms with van der Waals surface area (Å²) in [5.74, 6) is 0.263. The molecule has 1 heterocycles. The first-order valence-electron chi connectivity index (χ1n) is 7.55. The third-order valence-electron chi connectivity index (χ3n) is 4.10. The molecular weight excluding hydrogens is 328 g/mol. The topological polar surface area (TPSA) is 94.5 Å². The highest BCUT2D eigenvalue weighted by Crippen LogP contribution is 2.51. The van der Waals surface area contributed by atoms with Crippen LogP contribution < -0.4 is 18.9 Å². The normalized spacial score (nSPS) is 16.0. The molecule has 1 aliphatic heterocycles. The van der Waals surface area contributed by atoms with Gasteiger partial charge in [-0.1, -0.05) is 6.07 Å². The van der Waals surface area contributed by atoms with Gasteiger partial charge in [0.2, 0.25) is 5.75 Å². The monoisotopic (exact) mass is 346 g/mol. The molecule has 2 aromatic rings. The fourth-order valence-corrected chi connectivity index (χ4v) is 2.98. The number of ketones is 1. The number of carbonyl (C=O) groups is 1. The first-order valence-corrected chi connectivity index (χ1v) is 7.55. The van der Waals surface area contributed by atoms with Gasteiger partial charge in [0.15, 0.2) is 17.3 Å². The lowest BCUT2D eigenvalue weighted by atomic mass is 9.94. The van der Waals surface area contributed by atoms with Crippen molar-refractivity contribution in [3.63, 3.8) is 0 Å². The number of ether oxygens (including phenoxy) is 4. The van der Waals surface area contributed by atoms with Crippen LogP contribution in [0.2, 0.25) is 0 Å². The Morgan fingerprint density at radius 3 is 2.40 bits per heavy atom. The summed E-state index contributed by atoms with van der Waals surface area (Å²) in [6.07, 6.45) is -0.860. The van der Waals surface area contributed by atoms with Gasteiger partial charge in [-0.3, -0.25) is 4.79 Å². The molecule has 25 heavy (non-hydrogen) atoms. The SMILES string of the molecule is COc1cc(O)c2c(c1OC)O[C@@H](c1c(O)cccc1OC)CC2=O. The average molecular weight is 346 g/mol. The third kappa shape index (κ3) is 2.67. The van der Waals surface area contributed by atoms with Gasteiger partial charge in [0.25, 0.3) is 0 Å². The van der Waals surface area contributed by atoms with Crippen molar-refractivity contribution in [1.29, 1.82) is 0 Å². The number of phenolic OH excluding ortho intramolecular Hbond substituents is 2. The minimum Gasteiger partial charge on any atom is -0.507 e. The highest BCUT2D eigenvalue weighted by molar-refractivity contribution is 6.04. The molecule has 7 nitrogen and oxygen atoms in total. The van der Waals surface area contributed by atoms with Gasteiger partial charge in [0.05, 0.1) is 33.3 Å². The summed E-state index contributed by atoms with van der Waals surface area (Å²) in [4.78, 5) is 12.6. The summed E-state index contributed by atoms with van der Waals surface area (Å²) in [5, 5.41) is 20.4. The number of hydrogen-bond donors (Lipinski definition) is 2. The minimum atomic E-state index is -0.795. The molecule has 0 bridgehead atoms. The second kappa shape index (κ2) is 6.43. The Kier molecular flexibility index (Phi) is 4.31. The van der Waals surface area contributed by atoms with Gasteiger partial charge >= 0.3 is 0 Å². The molecule has 2 aromatic carbocycles. The molecule has 0 fully saturated rings. The summed E-state index contributed by atoms with van der Waals surface area (Å²) in [6.45, 7) is 0. The largest absolute Gasteiger partial charge is 0.507 e. The Balaban J connectivity index is 2.16. The van der Waals surface area contributed by atoms with E-state index in [-0.39, 0.29) is 46.5 Å². The molecule has 0 saturated carbocycles. The maximum absolute atomic E-state index is 12.6. The van der Waals surface area contributed by atoms with Crippen LogP contribution in [0.3, 0.4) is 0 Å². The predicted molar refractivity (Wildman–Crippen MR) is 88.2 cm³/mol. The summed E-state index contributed by atoms with van der Waals surface area (Å²) < 4.78 is 21.7. The van der Waals surface area contributed by atoms with Gasteiger partial charge in [0, 0.05) is 6.07 Å². The van der Waals surface area contributed by atoms with Gasteiger partial charge in [-0.05, 0) is 12.1 Å². The van der Waals surface area contributed by atoms with Crippen LogP contribution in [0, 0.1) is 0 Å². The number of carbonyl (C=O) groups excluding carboxylic acids is 1. The molecular formula is C18H18O7. The molecule has 7 heteroatoms. The van der Waals surface area contributed by atoms with E-state index in [1.54, 1.807) is 12.1 Å². The quantitative estimate of drug-likeness (QED) is 0.879. The first-order chi connectivity index (χ1) is 12.0. The fraction of sp³-hybridized carbons (Fsp3) is 0.278. The number of methoxy groups -OCH3 is 3. The number of fused-ring (bicyclic) bond motifs is 1. The molecule has 0 radical (unpaired) electrons. The van der Waals surface area contributed by atoms with Crippen LogP contribution in [-0.4, -0.2) is 37.3 Å². The number of phenols is 2. The Hall–Kier alpha value is -3.09.